The second-order valence-electron chi connectivity index (χ2n) is 4.52. The first-order chi connectivity index (χ1) is 7.19. The molecule has 0 aliphatic heterocycles. The van der Waals surface area contributed by atoms with Gasteiger partial charge in [-0.15, -0.1) is 0 Å². The summed E-state index contributed by atoms with van der Waals surface area (Å²) in [5, 5.41) is 10.0. The van der Waals surface area contributed by atoms with Crippen molar-refractivity contribution in [3.8, 4) is 0 Å². The second kappa shape index (κ2) is 4.12. The summed E-state index contributed by atoms with van der Waals surface area (Å²) in [6, 6.07) is 7.95. The average Bonchev–Trinajstić information content (AvgIpc) is 2.18. The van der Waals surface area contributed by atoms with Gasteiger partial charge in [0.1, 0.15) is 0 Å². The van der Waals surface area contributed by atoms with E-state index in [0.29, 0.717) is 12.5 Å². The van der Waals surface area contributed by atoms with Crippen LogP contribution in [0.2, 0.25) is 5.02 Å². The highest BCUT2D eigenvalue weighted by molar-refractivity contribution is 6.30. The molecule has 0 amide bonds. The number of aliphatic hydroxyl groups is 1. The number of benzene rings is 1. The molecule has 3 N–H and O–H groups in total. The van der Waals surface area contributed by atoms with Crippen molar-refractivity contribution in [2.75, 3.05) is 13.2 Å². The van der Waals surface area contributed by atoms with Crippen molar-refractivity contribution >= 4 is 11.6 Å². The SMILES string of the molecule is NCC1(CO)CC(c2cccc(Cl)c2)C1. The third-order valence-corrected chi connectivity index (χ3v) is 3.68. The first kappa shape index (κ1) is 10.9. The molecule has 3 heteroatoms. The molecular weight excluding hydrogens is 210 g/mol. The summed E-state index contributed by atoms with van der Waals surface area (Å²) in [6.45, 7) is 0.765. The topological polar surface area (TPSA) is 46.2 Å². The molecule has 1 saturated carbocycles. The Hall–Kier alpha value is -0.570. The molecule has 1 aliphatic rings. The van der Waals surface area contributed by atoms with Gasteiger partial charge in [0, 0.05) is 23.6 Å². The molecule has 2 nitrogen and oxygen atoms in total. The van der Waals surface area contributed by atoms with Crippen LogP contribution in [-0.4, -0.2) is 18.3 Å². The normalized spacial score (nSPS) is 29.9. The fraction of sp³-hybridized carbons (Fsp3) is 0.500. The Morgan fingerprint density at radius 2 is 2.20 bits per heavy atom. The molecule has 0 atom stereocenters. The van der Waals surface area contributed by atoms with Crippen molar-refractivity contribution in [2.45, 2.75) is 18.8 Å². The molecule has 0 spiro atoms. The van der Waals surface area contributed by atoms with E-state index in [1.807, 2.05) is 18.2 Å². The molecule has 0 radical (unpaired) electrons. The first-order valence-electron chi connectivity index (χ1n) is 5.25. The molecule has 2 rings (SSSR count). The lowest BCUT2D eigenvalue weighted by molar-refractivity contribution is 0.0337. The molecule has 0 bridgehead atoms. The summed E-state index contributed by atoms with van der Waals surface area (Å²) in [6.07, 6.45) is 1.95. The van der Waals surface area contributed by atoms with Crippen LogP contribution < -0.4 is 5.73 Å². The largest absolute Gasteiger partial charge is 0.396 e. The van der Waals surface area contributed by atoms with Gasteiger partial charge in [-0.05, 0) is 36.5 Å². The maximum atomic E-state index is 9.25. The smallest absolute Gasteiger partial charge is 0.0499 e. The quantitative estimate of drug-likeness (QED) is 0.828. The number of hydrogen-bond acceptors (Lipinski definition) is 2. The van der Waals surface area contributed by atoms with E-state index < -0.39 is 0 Å². The summed E-state index contributed by atoms with van der Waals surface area (Å²) in [5.41, 5.74) is 6.89. The predicted molar refractivity (Wildman–Crippen MR) is 62.0 cm³/mol. The Balaban J connectivity index is 2.05. The molecule has 1 aromatic rings. The van der Waals surface area contributed by atoms with Crippen LogP contribution in [-0.2, 0) is 0 Å². The highest BCUT2D eigenvalue weighted by Crippen LogP contribution is 2.50. The molecule has 82 valence electrons. The highest BCUT2D eigenvalue weighted by Gasteiger charge is 2.43. The fourth-order valence-corrected chi connectivity index (χ4v) is 2.54. The molecule has 1 aromatic carbocycles. The predicted octanol–water partition coefficient (Wildman–Crippen LogP) is 2.15. The minimum Gasteiger partial charge on any atom is -0.396 e. The monoisotopic (exact) mass is 225 g/mol. The number of rotatable bonds is 3. The summed E-state index contributed by atoms with van der Waals surface area (Å²) >= 11 is 5.93. The minimum atomic E-state index is -0.0347. The van der Waals surface area contributed by atoms with Crippen molar-refractivity contribution in [1.82, 2.24) is 0 Å². The number of halogens is 1. The van der Waals surface area contributed by atoms with Gasteiger partial charge >= 0.3 is 0 Å². The minimum absolute atomic E-state index is 0.0347. The molecule has 0 unspecified atom stereocenters. The fourth-order valence-electron chi connectivity index (χ4n) is 2.34. The maximum absolute atomic E-state index is 9.25. The molecular formula is C12H16ClNO. The van der Waals surface area contributed by atoms with Gasteiger partial charge in [0.25, 0.3) is 0 Å². The van der Waals surface area contributed by atoms with Gasteiger partial charge in [0.15, 0.2) is 0 Å². The van der Waals surface area contributed by atoms with Crippen LogP contribution in [0.25, 0.3) is 0 Å². The van der Waals surface area contributed by atoms with E-state index >= 15 is 0 Å². The number of aliphatic hydroxyl groups excluding tert-OH is 1. The Kier molecular flexibility index (Phi) is 3.01. The van der Waals surface area contributed by atoms with Crippen LogP contribution in [0.5, 0.6) is 0 Å². The van der Waals surface area contributed by atoms with Crippen LogP contribution in [0.3, 0.4) is 0 Å². The van der Waals surface area contributed by atoms with Crippen LogP contribution in [0, 0.1) is 5.41 Å². The van der Waals surface area contributed by atoms with Crippen LogP contribution >= 0.6 is 11.6 Å². The molecule has 0 saturated heterocycles. The second-order valence-corrected chi connectivity index (χ2v) is 4.96. The third-order valence-electron chi connectivity index (χ3n) is 3.45. The van der Waals surface area contributed by atoms with Crippen molar-refractivity contribution in [2.24, 2.45) is 11.1 Å². The lowest BCUT2D eigenvalue weighted by Crippen LogP contribution is -2.44. The molecule has 1 fully saturated rings. The zero-order chi connectivity index (χ0) is 10.9. The van der Waals surface area contributed by atoms with E-state index in [0.717, 1.165) is 17.9 Å². The summed E-state index contributed by atoms with van der Waals surface area (Å²) < 4.78 is 0. The third kappa shape index (κ3) is 2.03. The summed E-state index contributed by atoms with van der Waals surface area (Å²) in [7, 11) is 0. The Bertz CT molecular complexity index is 341. The molecule has 0 aromatic heterocycles. The van der Waals surface area contributed by atoms with Gasteiger partial charge in [-0.2, -0.15) is 0 Å². The Morgan fingerprint density at radius 1 is 1.47 bits per heavy atom. The van der Waals surface area contributed by atoms with Crippen molar-refractivity contribution < 1.29 is 5.11 Å². The van der Waals surface area contributed by atoms with E-state index in [2.05, 4.69) is 6.07 Å². The Labute approximate surface area is 95.1 Å². The van der Waals surface area contributed by atoms with Crippen molar-refractivity contribution in [3.63, 3.8) is 0 Å². The van der Waals surface area contributed by atoms with Gasteiger partial charge in [-0.3, -0.25) is 0 Å². The lowest BCUT2D eigenvalue weighted by Gasteiger charge is -2.46. The molecule has 15 heavy (non-hydrogen) atoms. The zero-order valence-corrected chi connectivity index (χ0v) is 9.37. The van der Waals surface area contributed by atoms with Gasteiger partial charge in [0.05, 0.1) is 0 Å². The standard InChI is InChI=1S/C12H16ClNO/c13-11-3-1-2-9(4-11)10-5-12(6-10,7-14)8-15/h1-4,10,15H,5-8,14H2. The number of hydrogen-bond donors (Lipinski definition) is 2. The van der Waals surface area contributed by atoms with E-state index in [4.69, 9.17) is 17.3 Å². The van der Waals surface area contributed by atoms with E-state index in [1.165, 1.54) is 5.56 Å². The maximum Gasteiger partial charge on any atom is 0.0499 e. The van der Waals surface area contributed by atoms with Crippen molar-refractivity contribution in [3.05, 3.63) is 34.9 Å². The van der Waals surface area contributed by atoms with Gasteiger partial charge in [-0.25, -0.2) is 0 Å². The Morgan fingerprint density at radius 3 is 2.73 bits per heavy atom. The van der Waals surface area contributed by atoms with Crippen LogP contribution in [0.1, 0.15) is 24.3 Å². The molecule has 0 heterocycles. The number of nitrogens with two attached hydrogens (primary N) is 1. The first-order valence-corrected chi connectivity index (χ1v) is 5.63. The van der Waals surface area contributed by atoms with E-state index in [9.17, 15) is 5.11 Å². The van der Waals surface area contributed by atoms with Crippen LogP contribution in [0.4, 0.5) is 0 Å². The zero-order valence-electron chi connectivity index (χ0n) is 8.62. The lowest BCUT2D eigenvalue weighted by atomic mass is 9.60. The van der Waals surface area contributed by atoms with Crippen molar-refractivity contribution in [1.29, 1.82) is 0 Å². The summed E-state index contributed by atoms with van der Waals surface area (Å²) in [5.74, 6) is 0.513. The highest BCUT2D eigenvalue weighted by atomic mass is 35.5. The van der Waals surface area contributed by atoms with E-state index in [-0.39, 0.29) is 12.0 Å². The van der Waals surface area contributed by atoms with Gasteiger partial charge in [0.2, 0.25) is 0 Å². The van der Waals surface area contributed by atoms with Gasteiger partial charge < -0.3 is 10.8 Å². The van der Waals surface area contributed by atoms with Gasteiger partial charge in [-0.1, -0.05) is 23.7 Å². The summed E-state index contributed by atoms with van der Waals surface area (Å²) in [4.78, 5) is 0. The van der Waals surface area contributed by atoms with Crippen LogP contribution in [0.15, 0.2) is 24.3 Å². The van der Waals surface area contributed by atoms with E-state index in [1.54, 1.807) is 0 Å². The average molecular weight is 226 g/mol. The molecule has 1 aliphatic carbocycles.